The summed E-state index contributed by atoms with van der Waals surface area (Å²) in [4.78, 5) is 42.7. The molecule has 2 saturated heterocycles. The summed E-state index contributed by atoms with van der Waals surface area (Å²) in [6, 6.07) is 6.88. The number of ether oxygens (including phenoxy) is 1. The van der Waals surface area contributed by atoms with Gasteiger partial charge in [-0.25, -0.2) is 8.42 Å². The summed E-state index contributed by atoms with van der Waals surface area (Å²) in [7, 11) is -2.02. The number of likely N-dealkylation sites (tertiary alicyclic amines) is 1. The maximum absolute atomic E-state index is 13.4. The number of fused-ring (bicyclic) bond motifs is 1. The van der Waals surface area contributed by atoms with E-state index in [4.69, 9.17) is 4.74 Å². The maximum atomic E-state index is 13.4. The highest BCUT2D eigenvalue weighted by atomic mass is 32.2. The number of hydrogen-bond acceptors (Lipinski definition) is 7. The molecule has 0 bridgehead atoms. The fourth-order valence-corrected chi connectivity index (χ4v) is 5.69. The summed E-state index contributed by atoms with van der Waals surface area (Å²) in [6.07, 6.45) is 1.71. The number of amides is 3. The summed E-state index contributed by atoms with van der Waals surface area (Å²) in [5, 5.41) is 14.6. The second-order valence-electron chi connectivity index (χ2n) is 8.97. The van der Waals surface area contributed by atoms with Crippen molar-refractivity contribution in [2.45, 2.75) is 36.6 Å². The van der Waals surface area contributed by atoms with Crippen LogP contribution < -0.4 is 15.4 Å². The average Bonchev–Trinajstić information content (AvgIpc) is 3.55. The van der Waals surface area contributed by atoms with Crippen LogP contribution in [0.3, 0.4) is 0 Å². The van der Waals surface area contributed by atoms with Crippen LogP contribution in [-0.4, -0.2) is 79.8 Å². The van der Waals surface area contributed by atoms with Gasteiger partial charge in [-0.15, -0.1) is 0 Å². The summed E-state index contributed by atoms with van der Waals surface area (Å²) in [5.41, 5.74) is 0.850. The number of sulfone groups is 1. The molecule has 0 radical (unpaired) electrons. The number of rotatable bonds is 7. The molecule has 0 spiro atoms. The first-order chi connectivity index (χ1) is 16.6. The number of aromatic amines is 1. The summed E-state index contributed by atoms with van der Waals surface area (Å²) in [6.45, 7) is 0.371. The smallest absolute Gasteiger partial charge is 0.271 e. The predicted octanol–water partition coefficient (Wildman–Crippen LogP) is 0.339. The molecule has 2 aliphatic rings. The topological polar surface area (TPSA) is 161 Å². The summed E-state index contributed by atoms with van der Waals surface area (Å²) >= 11 is 0. The van der Waals surface area contributed by atoms with Gasteiger partial charge in [-0.2, -0.15) is 5.26 Å². The Hall–Kier alpha value is -3.59. The first-order valence-corrected chi connectivity index (χ1v) is 13.2. The Morgan fingerprint density at radius 3 is 2.77 bits per heavy atom. The molecule has 3 amide bonds. The zero-order chi connectivity index (χ0) is 25.3. The third kappa shape index (κ3) is 4.95. The van der Waals surface area contributed by atoms with Crippen LogP contribution in [0.25, 0.3) is 10.9 Å². The van der Waals surface area contributed by atoms with Crippen molar-refractivity contribution in [3.05, 3.63) is 30.0 Å². The second kappa shape index (κ2) is 9.58. The molecule has 2 aromatic rings. The largest absolute Gasteiger partial charge is 0.496 e. The molecule has 12 heteroatoms. The van der Waals surface area contributed by atoms with Crippen molar-refractivity contribution in [2.24, 2.45) is 5.92 Å². The lowest BCUT2D eigenvalue weighted by Gasteiger charge is -2.24. The van der Waals surface area contributed by atoms with Gasteiger partial charge in [-0.3, -0.25) is 14.4 Å². The van der Waals surface area contributed by atoms with Crippen molar-refractivity contribution >= 4 is 38.5 Å². The monoisotopic (exact) mass is 501 g/mol. The van der Waals surface area contributed by atoms with Crippen LogP contribution in [0.2, 0.25) is 0 Å². The molecule has 4 unspecified atom stereocenters. The van der Waals surface area contributed by atoms with Crippen LogP contribution in [0.5, 0.6) is 5.75 Å². The van der Waals surface area contributed by atoms with Crippen molar-refractivity contribution in [3.8, 4) is 11.8 Å². The molecular formula is C23H27N5O6S. The lowest BCUT2D eigenvalue weighted by molar-refractivity contribution is -0.126. The first kappa shape index (κ1) is 24.5. The number of carbonyl (C=O) groups is 3. The molecule has 3 heterocycles. The molecular weight excluding hydrogens is 474 g/mol. The number of nitrogens with zero attached hydrogens (tertiary/aromatic N) is 2. The third-order valence-electron chi connectivity index (χ3n) is 6.66. The molecule has 35 heavy (non-hydrogen) atoms. The zero-order valence-electron chi connectivity index (χ0n) is 19.4. The summed E-state index contributed by atoms with van der Waals surface area (Å²) < 4.78 is 29.9. The van der Waals surface area contributed by atoms with Crippen LogP contribution in [-0.2, 0) is 19.4 Å². The molecule has 1 aromatic heterocycles. The van der Waals surface area contributed by atoms with E-state index in [0.717, 1.165) is 6.26 Å². The molecule has 4 atom stereocenters. The SMILES string of the molecule is COc1cccc2[nH]c(C(=O)N3CC(S(C)(=O)=O)CC3C(=O)NC(C#N)CC3CCNC3=O)cc12. The van der Waals surface area contributed by atoms with E-state index in [2.05, 4.69) is 15.6 Å². The van der Waals surface area contributed by atoms with Crippen LogP contribution >= 0.6 is 0 Å². The molecule has 3 N–H and O–H groups in total. The van der Waals surface area contributed by atoms with Gasteiger partial charge in [0.15, 0.2) is 9.84 Å². The highest BCUT2D eigenvalue weighted by Crippen LogP contribution is 2.29. The predicted molar refractivity (Wildman–Crippen MR) is 126 cm³/mol. The number of H-pyrrole nitrogens is 1. The van der Waals surface area contributed by atoms with Gasteiger partial charge in [0.25, 0.3) is 5.91 Å². The quantitative estimate of drug-likeness (QED) is 0.493. The van der Waals surface area contributed by atoms with E-state index < -0.39 is 39.0 Å². The molecule has 2 fully saturated rings. The van der Waals surface area contributed by atoms with Gasteiger partial charge in [-0.05, 0) is 37.5 Å². The van der Waals surface area contributed by atoms with Crippen molar-refractivity contribution < 1.29 is 27.5 Å². The molecule has 2 aliphatic heterocycles. The Kier molecular flexibility index (Phi) is 6.71. The van der Waals surface area contributed by atoms with Gasteiger partial charge in [0, 0.05) is 36.2 Å². The van der Waals surface area contributed by atoms with Crippen LogP contribution in [0.15, 0.2) is 24.3 Å². The normalized spacial score (nSPS) is 23.1. The van der Waals surface area contributed by atoms with Crippen molar-refractivity contribution in [2.75, 3.05) is 26.5 Å². The number of methoxy groups -OCH3 is 1. The Bertz CT molecular complexity index is 1310. The van der Waals surface area contributed by atoms with E-state index in [1.165, 1.54) is 12.0 Å². The average molecular weight is 502 g/mol. The van der Waals surface area contributed by atoms with E-state index in [9.17, 15) is 28.1 Å². The van der Waals surface area contributed by atoms with Gasteiger partial charge < -0.3 is 25.3 Å². The fourth-order valence-electron chi connectivity index (χ4n) is 4.72. The molecule has 0 aliphatic carbocycles. The van der Waals surface area contributed by atoms with Crippen LogP contribution in [0.4, 0.5) is 0 Å². The van der Waals surface area contributed by atoms with Crippen molar-refractivity contribution in [3.63, 3.8) is 0 Å². The Labute approximate surface area is 202 Å². The number of nitriles is 1. The first-order valence-electron chi connectivity index (χ1n) is 11.3. The lowest BCUT2D eigenvalue weighted by Crippen LogP contribution is -2.49. The maximum Gasteiger partial charge on any atom is 0.271 e. The molecule has 186 valence electrons. The highest BCUT2D eigenvalue weighted by Gasteiger charge is 2.44. The number of carbonyl (C=O) groups excluding carboxylic acids is 3. The number of aromatic nitrogens is 1. The number of benzene rings is 1. The minimum atomic E-state index is -3.53. The standard InChI is InChI=1S/C23H27N5O6S/c1-34-20-5-3-4-17-16(20)10-18(27-17)23(31)28-12-15(35(2,32)33)9-19(28)22(30)26-14(11-24)8-13-6-7-25-21(13)29/h3-5,10,13-15,19,27H,6-9,12H2,1-2H3,(H,25,29)(H,26,30). The van der Waals surface area contributed by atoms with Gasteiger partial charge in [0.2, 0.25) is 11.8 Å². The third-order valence-corrected chi connectivity index (χ3v) is 8.21. The second-order valence-corrected chi connectivity index (χ2v) is 11.3. The van der Waals surface area contributed by atoms with Crippen LogP contribution in [0.1, 0.15) is 29.8 Å². The van der Waals surface area contributed by atoms with Gasteiger partial charge in [-0.1, -0.05) is 6.07 Å². The van der Waals surface area contributed by atoms with E-state index in [-0.39, 0.29) is 36.9 Å². The van der Waals surface area contributed by atoms with Gasteiger partial charge in [0.05, 0.1) is 18.4 Å². The zero-order valence-corrected chi connectivity index (χ0v) is 20.2. The van der Waals surface area contributed by atoms with Gasteiger partial charge >= 0.3 is 0 Å². The molecule has 0 saturated carbocycles. The van der Waals surface area contributed by atoms with E-state index >= 15 is 0 Å². The molecule has 11 nitrogen and oxygen atoms in total. The Morgan fingerprint density at radius 2 is 2.14 bits per heavy atom. The van der Waals surface area contributed by atoms with Crippen molar-refractivity contribution in [1.29, 1.82) is 5.26 Å². The van der Waals surface area contributed by atoms with E-state index in [1.54, 1.807) is 24.3 Å². The Morgan fingerprint density at radius 1 is 1.37 bits per heavy atom. The van der Waals surface area contributed by atoms with E-state index in [0.29, 0.717) is 29.6 Å². The number of nitrogens with one attached hydrogen (secondary N) is 3. The van der Waals surface area contributed by atoms with Crippen LogP contribution in [0, 0.1) is 17.2 Å². The molecule has 1 aromatic carbocycles. The van der Waals surface area contributed by atoms with Gasteiger partial charge in [0.1, 0.15) is 23.5 Å². The minimum absolute atomic E-state index is 0.0813. The summed E-state index contributed by atoms with van der Waals surface area (Å²) in [5.74, 6) is -1.13. The molecule has 4 rings (SSSR count). The number of hydrogen-bond donors (Lipinski definition) is 3. The highest BCUT2D eigenvalue weighted by molar-refractivity contribution is 7.91. The van der Waals surface area contributed by atoms with Crippen molar-refractivity contribution in [1.82, 2.24) is 20.5 Å². The fraction of sp³-hybridized carbons (Fsp3) is 0.478. The van der Waals surface area contributed by atoms with E-state index in [1.807, 2.05) is 6.07 Å². The minimum Gasteiger partial charge on any atom is -0.496 e. The lowest BCUT2D eigenvalue weighted by atomic mass is 9.99. The Balaban J connectivity index is 1.58.